The number of benzene rings is 2. The minimum Gasteiger partial charge on any atom is -0.491 e. The molecule has 0 aliphatic carbocycles. The number of aryl methyl sites for hydroxylation is 1. The summed E-state index contributed by atoms with van der Waals surface area (Å²) >= 11 is 0. The zero-order valence-corrected chi connectivity index (χ0v) is 14.8. The van der Waals surface area contributed by atoms with Crippen LogP contribution >= 0.6 is 0 Å². The van der Waals surface area contributed by atoms with Gasteiger partial charge in [-0.15, -0.1) is 0 Å². The van der Waals surface area contributed by atoms with Gasteiger partial charge in [0.1, 0.15) is 24.5 Å². The number of para-hydroxylation sites is 1. The highest BCUT2D eigenvalue weighted by Gasteiger charge is 2.43. The largest absolute Gasteiger partial charge is 0.491 e. The molecule has 1 heterocycles. The van der Waals surface area contributed by atoms with E-state index in [-0.39, 0.29) is 19.1 Å². The summed E-state index contributed by atoms with van der Waals surface area (Å²) in [6.45, 7) is 3.53. The zero-order valence-electron chi connectivity index (χ0n) is 14.8. The standard InChI is InChI=1S/C20H22N2O4/c1-14-7-6-10-18(11-14)26-13-17(23)12-21-19(24)15(2)22(20(21)25)16-8-4-3-5-9-16/h3-11,15,17,23H,12-13H2,1-2H3/t15-,17-/m0/s1. The van der Waals surface area contributed by atoms with Crippen molar-refractivity contribution in [2.75, 3.05) is 18.1 Å². The van der Waals surface area contributed by atoms with Crippen LogP contribution in [0.1, 0.15) is 12.5 Å². The van der Waals surface area contributed by atoms with Gasteiger partial charge in [0, 0.05) is 5.69 Å². The Kier molecular flexibility index (Phi) is 5.23. The molecule has 26 heavy (non-hydrogen) atoms. The molecule has 6 nitrogen and oxygen atoms in total. The molecule has 0 saturated carbocycles. The summed E-state index contributed by atoms with van der Waals surface area (Å²) in [5, 5.41) is 10.2. The number of imide groups is 1. The number of carbonyl (C=O) groups excluding carboxylic acids is 2. The summed E-state index contributed by atoms with van der Waals surface area (Å²) in [7, 11) is 0. The van der Waals surface area contributed by atoms with Gasteiger partial charge >= 0.3 is 6.03 Å². The van der Waals surface area contributed by atoms with Crippen LogP contribution in [-0.4, -0.2) is 47.2 Å². The fraction of sp³-hybridized carbons (Fsp3) is 0.300. The van der Waals surface area contributed by atoms with Crippen LogP contribution in [0, 0.1) is 6.92 Å². The Morgan fingerprint density at radius 2 is 1.85 bits per heavy atom. The van der Waals surface area contributed by atoms with E-state index in [1.807, 2.05) is 43.3 Å². The number of nitrogens with zero attached hydrogens (tertiary/aromatic N) is 2. The summed E-state index contributed by atoms with van der Waals surface area (Å²) in [6, 6.07) is 15.5. The monoisotopic (exact) mass is 354 g/mol. The van der Waals surface area contributed by atoms with E-state index in [0.717, 1.165) is 10.5 Å². The molecule has 3 amide bonds. The fourth-order valence-electron chi connectivity index (χ4n) is 2.98. The molecular formula is C20H22N2O4. The van der Waals surface area contributed by atoms with E-state index in [2.05, 4.69) is 0 Å². The lowest BCUT2D eigenvalue weighted by molar-refractivity contribution is -0.128. The van der Waals surface area contributed by atoms with E-state index in [1.165, 1.54) is 4.90 Å². The molecule has 3 rings (SSSR count). The number of aliphatic hydroxyl groups excluding tert-OH is 1. The van der Waals surface area contributed by atoms with Gasteiger partial charge in [0.15, 0.2) is 0 Å². The highest BCUT2D eigenvalue weighted by Crippen LogP contribution is 2.25. The maximum absolute atomic E-state index is 12.7. The van der Waals surface area contributed by atoms with E-state index in [4.69, 9.17) is 4.74 Å². The van der Waals surface area contributed by atoms with Crippen molar-refractivity contribution < 1.29 is 19.4 Å². The van der Waals surface area contributed by atoms with Crippen molar-refractivity contribution in [1.82, 2.24) is 4.90 Å². The lowest BCUT2D eigenvalue weighted by atomic mass is 10.2. The van der Waals surface area contributed by atoms with Crippen LogP contribution in [-0.2, 0) is 4.79 Å². The number of ether oxygens (including phenoxy) is 1. The number of aliphatic hydroxyl groups is 1. The molecule has 1 fully saturated rings. The Morgan fingerprint density at radius 1 is 1.12 bits per heavy atom. The topological polar surface area (TPSA) is 70.1 Å². The van der Waals surface area contributed by atoms with Crippen LogP contribution in [0.15, 0.2) is 54.6 Å². The molecule has 1 aliphatic rings. The number of urea groups is 1. The number of anilines is 1. The third-order valence-electron chi connectivity index (χ3n) is 4.31. The summed E-state index contributed by atoms with van der Waals surface area (Å²) in [6.07, 6.45) is -0.966. The smallest absolute Gasteiger partial charge is 0.332 e. The highest BCUT2D eigenvalue weighted by molar-refractivity contribution is 6.14. The number of rotatable bonds is 6. The number of hydrogen-bond donors (Lipinski definition) is 1. The zero-order chi connectivity index (χ0) is 18.7. The number of β-amino-alcohol motifs (C(OH)–C–C–N with tert-alkyl or cyclic N) is 1. The summed E-state index contributed by atoms with van der Waals surface area (Å²) in [4.78, 5) is 27.7. The van der Waals surface area contributed by atoms with E-state index in [1.54, 1.807) is 25.1 Å². The van der Waals surface area contributed by atoms with Crippen LogP contribution in [0.3, 0.4) is 0 Å². The van der Waals surface area contributed by atoms with Crippen LogP contribution < -0.4 is 9.64 Å². The minimum atomic E-state index is -0.966. The van der Waals surface area contributed by atoms with Gasteiger partial charge in [-0.2, -0.15) is 0 Å². The summed E-state index contributed by atoms with van der Waals surface area (Å²) in [5.74, 6) is 0.316. The molecule has 136 valence electrons. The molecule has 2 aromatic rings. The first kappa shape index (κ1) is 17.9. The van der Waals surface area contributed by atoms with Gasteiger partial charge in [0.05, 0.1) is 6.54 Å². The summed E-state index contributed by atoms with van der Waals surface area (Å²) in [5.41, 5.74) is 1.71. The SMILES string of the molecule is Cc1cccc(OC[C@@H](O)CN2C(=O)[C@H](C)N(c3ccccc3)C2=O)c1. The molecule has 1 aliphatic heterocycles. The van der Waals surface area contributed by atoms with Crippen LogP contribution in [0.25, 0.3) is 0 Å². The quantitative estimate of drug-likeness (QED) is 0.810. The number of carbonyl (C=O) groups is 2. The molecule has 0 aromatic heterocycles. The highest BCUT2D eigenvalue weighted by atomic mass is 16.5. The van der Waals surface area contributed by atoms with Gasteiger partial charge in [-0.25, -0.2) is 4.79 Å². The van der Waals surface area contributed by atoms with Gasteiger partial charge in [-0.1, -0.05) is 30.3 Å². The van der Waals surface area contributed by atoms with Crippen LogP contribution in [0.5, 0.6) is 5.75 Å². The lowest BCUT2D eigenvalue weighted by Crippen LogP contribution is -2.40. The predicted molar refractivity (Wildman–Crippen MR) is 98.2 cm³/mol. The van der Waals surface area contributed by atoms with Gasteiger partial charge in [-0.05, 0) is 43.7 Å². The van der Waals surface area contributed by atoms with Crippen molar-refractivity contribution in [3.05, 3.63) is 60.2 Å². The maximum atomic E-state index is 12.7. The average molecular weight is 354 g/mol. The molecule has 6 heteroatoms. The van der Waals surface area contributed by atoms with E-state index in [9.17, 15) is 14.7 Å². The van der Waals surface area contributed by atoms with Gasteiger partial charge in [0.25, 0.3) is 5.91 Å². The Morgan fingerprint density at radius 3 is 2.54 bits per heavy atom. The molecule has 0 radical (unpaired) electrons. The Hall–Kier alpha value is -2.86. The van der Waals surface area contributed by atoms with E-state index < -0.39 is 18.2 Å². The predicted octanol–water partition coefficient (Wildman–Crippen LogP) is 2.59. The van der Waals surface area contributed by atoms with Gasteiger partial charge < -0.3 is 9.84 Å². The van der Waals surface area contributed by atoms with Crippen molar-refractivity contribution in [3.63, 3.8) is 0 Å². The van der Waals surface area contributed by atoms with Crippen LogP contribution in [0.4, 0.5) is 10.5 Å². The number of hydrogen-bond acceptors (Lipinski definition) is 4. The van der Waals surface area contributed by atoms with Gasteiger partial charge in [-0.3, -0.25) is 14.6 Å². The van der Waals surface area contributed by atoms with Gasteiger partial charge in [0.2, 0.25) is 0 Å². The van der Waals surface area contributed by atoms with Crippen molar-refractivity contribution in [3.8, 4) is 5.75 Å². The third kappa shape index (κ3) is 3.70. The Labute approximate surface area is 152 Å². The molecule has 1 N–H and O–H groups in total. The second-order valence-electron chi connectivity index (χ2n) is 6.39. The first-order chi connectivity index (χ1) is 12.5. The molecule has 2 aromatic carbocycles. The summed E-state index contributed by atoms with van der Waals surface area (Å²) < 4.78 is 5.55. The normalized spacial score (nSPS) is 18.3. The third-order valence-corrected chi connectivity index (χ3v) is 4.31. The first-order valence-electron chi connectivity index (χ1n) is 8.54. The average Bonchev–Trinajstić information content (AvgIpc) is 2.84. The Bertz CT molecular complexity index is 793. The number of amides is 3. The second kappa shape index (κ2) is 7.58. The van der Waals surface area contributed by atoms with Crippen molar-refractivity contribution >= 4 is 17.6 Å². The fourth-order valence-corrected chi connectivity index (χ4v) is 2.98. The van der Waals surface area contributed by atoms with Crippen molar-refractivity contribution in [1.29, 1.82) is 0 Å². The molecule has 1 saturated heterocycles. The van der Waals surface area contributed by atoms with Crippen molar-refractivity contribution in [2.45, 2.75) is 26.0 Å². The molecule has 0 unspecified atom stereocenters. The molecule has 0 spiro atoms. The molecule has 2 atom stereocenters. The van der Waals surface area contributed by atoms with E-state index in [0.29, 0.717) is 11.4 Å². The minimum absolute atomic E-state index is 0.000229. The van der Waals surface area contributed by atoms with E-state index >= 15 is 0 Å². The molecule has 0 bridgehead atoms. The molecular weight excluding hydrogens is 332 g/mol. The Balaban J connectivity index is 1.63. The lowest BCUT2D eigenvalue weighted by Gasteiger charge is -2.20. The first-order valence-corrected chi connectivity index (χ1v) is 8.54. The second-order valence-corrected chi connectivity index (χ2v) is 6.39. The van der Waals surface area contributed by atoms with Crippen molar-refractivity contribution in [2.24, 2.45) is 0 Å². The maximum Gasteiger partial charge on any atom is 0.332 e. The van der Waals surface area contributed by atoms with Crippen LogP contribution in [0.2, 0.25) is 0 Å².